The molecule has 1 N–H and O–H groups in total. The summed E-state index contributed by atoms with van der Waals surface area (Å²) in [5.41, 5.74) is 4.09. The van der Waals surface area contributed by atoms with Gasteiger partial charge < -0.3 is 10.2 Å². The maximum absolute atomic E-state index is 12.5. The number of nitrogens with one attached hydrogen (secondary N) is 1. The number of anilines is 1. The van der Waals surface area contributed by atoms with Gasteiger partial charge in [0.2, 0.25) is 0 Å². The lowest BCUT2D eigenvalue weighted by Gasteiger charge is -2.13. The van der Waals surface area contributed by atoms with Gasteiger partial charge in [-0.25, -0.2) is 0 Å². The summed E-state index contributed by atoms with van der Waals surface area (Å²) < 4.78 is 0. The number of aryl methyl sites for hydroxylation is 2. The summed E-state index contributed by atoms with van der Waals surface area (Å²) in [6.07, 6.45) is 3.24. The van der Waals surface area contributed by atoms with Crippen LogP contribution in [0.5, 0.6) is 0 Å². The molecule has 0 saturated carbocycles. The third-order valence-electron chi connectivity index (χ3n) is 4.23. The van der Waals surface area contributed by atoms with Gasteiger partial charge in [-0.3, -0.25) is 9.59 Å². The fraction of sp³-hybridized carbons (Fsp3) is 0.263. The third-order valence-corrected chi connectivity index (χ3v) is 4.56. The number of amides is 2. The van der Waals surface area contributed by atoms with Crippen LogP contribution >= 0.6 is 11.6 Å². The predicted octanol–water partition coefficient (Wildman–Crippen LogP) is 3.78. The van der Waals surface area contributed by atoms with Gasteiger partial charge in [0.15, 0.2) is 0 Å². The molecule has 2 amide bonds. The molecule has 3 rings (SSSR count). The van der Waals surface area contributed by atoms with Crippen LogP contribution in [-0.4, -0.2) is 30.8 Å². The molecule has 1 aliphatic carbocycles. The molecule has 0 aliphatic heterocycles. The van der Waals surface area contributed by atoms with E-state index >= 15 is 0 Å². The van der Waals surface area contributed by atoms with E-state index in [1.807, 2.05) is 18.2 Å². The van der Waals surface area contributed by atoms with Gasteiger partial charge in [-0.15, -0.1) is 0 Å². The average Bonchev–Trinajstić information content (AvgIpc) is 3.03. The zero-order valence-corrected chi connectivity index (χ0v) is 14.5. The van der Waals surface area contributed by atoms with E-state index in [2.05, 4.69) is 5.32 Å². The summed E-state index contributed by atoms with van der Waals surface area (Å²) in [5.74, 6) is -0.360. The normalized spacial score (nSPS) is 12.6. The Morgan fingerprint density at radius 3 is 2.46 bits per heavy atom. The van der Waals surface area contributed by atoms with E-state index in [1.54, 1.807) is 32.3 Å². The summed E-state index contributed by atoms with van der Waals surface area (Å²) in [6.45, 7) is 0. The molecule has 0 atom stereocenters. The van der Waals surface area contributed by atoms with Crippen molar-refractivity contribution >= 4 is 29.1 Å². The van der Waals surface area contributed by atoms with Crippen molar-refractivity contribution in [3.8, 4) is 0 Å². The smallest absolute Gasteiger partial charge is 0.255 e. The van der Waals surface area contributed by atoms with E-state index in [9.17, 15) is 9.59 Å². The second kappa shape index (κ2) is 6.65. The zero-order chi connectivity index (χ0) is 17.3. The summed E-state index contributed by atoms with van der Waals surface area (Å²) in [4.78, 5) is 26.1. The minimum Gasteiger partial charge on any atom is -0.345 e. The van der Waals surface area contributed by atoms with Gasteiger partial charge in [-0.05, 0) is 60.7 Å². The molecule has 124 valence electrons. The van der Waals surface area contributed by atoms with E-state index in [-0.39, 0.29) is 11.8 Å². The van der Waals surface area contributed by atoms with E-state index < -0.39 is 0 Å². The third kappa shape index (κ3) is 3.29. The first-order valence-corrected chi connectivity index (χ1v) is 8.28. The Kier molecular flexibility index (Phi) is 4.58. The number of carbonyl (C=O) groups excluding carboxylic acids is 2. The SMILES string of the molecule is CN(C)C(=O)c1ccc(Cl)c(NC(=O)c2ccc3c(c2)CCC3)c1. The second-order valence-corrected chi connectivity index (χ2v) is 6.59. The van der Waals surface area contributed by atoms with Crippen molar-refractivity contribution in [2.45, 2.75) is 19.3 Å². The van der Waals surface area contributed by atoms with Gasteiger partial charge in [0.05, 0.1) is 10.7 Å². The Morgan fingerprint density at radius 2 is 1.71 bits per heavy atom. The van der Waals surface area contributed by atoms with Gasteiger partial charge >= 0.3 is 0 Å². The van der Waals surface area contributed by atoms with E-state index in [4.69, 9.17) is 11.6 Å². The van der Waals surface area contributed by atoms with Crippen molar-refractivity contribution < 1.29 is 9.59 Å². The quantitative estimate of drug-likeness (QED) is 0.922. The van der Waals surface area contributed by atoms with Crippen LogP contribution in [0.3, 0.4) is 0 Å². The number of hydrogen-bond acceptors (Lipinski definition) is 2. The Hall–Kier alpha value is -2.33. The zero-order valence-electron chi connectivity index (χ0n) is 13.7. The lowest BCUT2D eigenvalue weighted by molar-refractivity contribution is 0.0827. The highest BCUT2D eigenvalue weighted by molar-refractivity contribution is 6.34. The standard InChI is InChI=1S/C19H19ClN2O2/c1-22(2)19(24)15-8-9-16(20)17(11-15)21-18(23)14-7-6-12-4-3-5-13(12)10-14/h6-11H,3-5H2,1-2H3,(H,21,23). The van der Waals surface area contributed by atoms with Crippen molar-refractivity contribution in [1.29, 1.82) is 0 Å². The summed E-state index contributed by atoms with van der Waals surface area (Å²) >= 11 is 6.17. The van der Waals surface area contributed by atoms with Gasteiger partial charge in [0.25, 0.3) is 11.8 Å². The topological polar surface area (TPSA) is 49.4 Å². The molecule has 0 fully saturated rings. The highest BCUT2D eigenvalue weighted by atomic mass is 35.5. The lowest BCUT2D eigenvalue weighted by atomic mass is 10.1. The van der Waals surface area contributed by atoms with Crippen molar-refractivity contribution in [1.82, 2.24) is 4.90 Å². The molecule has 1 aliphatic rings. The first kappa shape index (κ1) is 16.5. The molecular formula is C19H19ClN2O2. The average molecular weight is 343 g/mol. The molecule has 0 bridgehead atoms. The molecule has 2 aromatic carbocycles. The van der Waals surface area contributed by atoms with E-state index in [0.29, 0.717) is 21.8 Å². The van der Waals surface area contributed by atoms with Gasteiger partial charge in [0.1, 0.15) is 0 Å². The number of benzene rings is 2. The molecule has 2 aromatic rings. The summed E-state index contributed by atoms with van der Waals surface area (Å²) in [6, 6.07) is 10.7. The largest absolute Gasteiger partial charge is 0.345 e. The molecule has 5 heteroatoms. The van der Waals surface area contributed by atoms with Crippen LogP contribution in [0.1, 0.15) is 38.3 Å². The molecule has 0 spiro atoms. The fourth-order valence-corrected chi connectivity index (χ4v) is 3.08. The first-order valence-electron chi connectivity index (χ1n) is 7.90. The Morgan fingerprint density at radius 1 is 1.00 bits per heavy atom. The van der Waals surface area contributed by atoms with Gasteiger partial charge in [0, 0.05) is 25.2 Å². The molecule has 0 saturated heterocycles. The van der Waals surface area contributed by atoms with Crippen LogP contribution in [0.25, 0.3) is 0 Å². The lowest BCUT2D eigenvalue weighted by Crippen LogP contribution is -2.22. The number of carbonyl (C=O) groups is 2. The predicted molar refractivity (Wildman–Crippen MR) is 95.9 cm³/mol. The number of hydrogen-bond donors (Lipinski definition) is 1. The summed E-state index contributed by atoms with van der Waals surface area (Å²) in [7, 11) is 3.36. The minimum atomic E-state index is -0.221. The van der Waals surface area contributed by atoms with Crippen molar-refractivity contribution in [3.63, 3.8) is 0 Å². The van der Waals surface area contributed by atoms with Crippen LogP contribution in [0.15, 0.2) is 36.4 Å². The van der Waals surface area contributed by atoms with Crippen molar-refractivity contribution in [2.75, 3.05) is 19.4 Å². The highest BCUT2D eigenvalue weighted by Crippen LogP contribution is 2.26. The minimum absolute atomic E-state index is 0.139. The van der Waals surface area contributed by atoms with Crippen LogP contribution in [0.2, 0.25) is 5.02 Å². The Bertz CT molecular complexity index is 815. The Balaban J connectivity index is 1.84. The molecule has 0 heterocycles. The van der Waals surface area contributed by atoms with Crippen LogP contribution in [0, 0.1) is 0 Å². The maximum atomic E-state index is 12.5. The molecule has 0 unspecified atom stereocenters. The number of rotatable bonds is 3. The fourth-order valence-electron chi connectivity index (χ4n) is 2.92. The molecule has 4 nitrogen and oxygen atoms in total. The number of halogens is 1. The number of nitrogens with zero attached hydrogens (tertiary/aromatic N) is 1. The molecular weight excluding hydrogens is 324 g/mol. The molecule has 0 radical (unpaired) electrons. The number of fused-ring (bicyclic) bond motifs is 1. The maximum Gasteiger partial charge on any atom is 0.255 e. The van der Waals surface area contributed by atoms with Crippen molar-refractivity contribution in [3.05, 3.63) is 63.7 Å². The van der Waals surface area contributed by atoms with Crippen LogP contribution in [0.4, 0.5) is 5.69 Å². The highest BCUT2D eigenvalue weighted by Gasteiger charge is 2.16. The van der Waals surface area contributed by atoms with Crippen LogP contribution < -0.4 is 5.32 Å². The van der Waals surface area contributed by atoms with E-state index in [0.717, 1.165) is 19.3 Å². The van der Waals surface area contributed by atoms with E-state index in [1.165, 1.54) is 16.0 Å². The summed E-state index contributed by atoms with van der Waals surface area (Å²) in [5, 5.41) is 3.21. The van der Waals surface area contributed by atoms with Gasteiger partial charge in [-0.1, -0.05) is 17.7 Å². The Labute approximate surface area is 146 Å². The second-order valence-electron chi connectivity index (χ2n) is 6.19. The first-order chi connectivity index (χ1) is 11.5. The van der Waals surface area contributed by atoms with Gasteiger partial charge in [-0.2, -0.15) is 0 Å². The van der Waals surface area contributed by atoms with Crippen LogP contribution in [-0.2, 0) is 12.8 Å². The van der Waals surface area contributed by atoms with Crippen molar-refractivity contribution in [2.24, 2.45) is 0 Å². The molecule has 0 aromatic heterocycles. The monoisotopic (exact) mass is 342 g/mol. The molecule has 24 heavy (non-hydrogen) atoms.